The SMILES string of the molecule is CC(OC(=O)/C=C/c1ccc2c(c1)OCO2)c1nc2scc(-c3ccccc3)c2c(=O)[nH]1. The van der Waals surface area contributed by atoms with E-state index >= 15 is 0 Å². The van der Waals surface area contributed by atoms with Crippen molar-refractivity contribution in [2.75, 3.05) is 6.79 Å². The predicted octanol–water partition coefficient (Wildman–Crippen LogP) is 4.70. The van der Waals surface area contributed by atoms with Gasteiger partial charge in [0.2, 0.25) is 6.79 Å². The second-order valence-electron chi connectivity index (χ2n) is 7.17. The molecule has 7 nitrogen and oxygen atoms in total. The molecule has 160 valence electrons. The summed E-state index contributed by atoms with van der Waals surface area (Å²) in [6, 6.07) is 15.1. The average molecular weight is 446 g/mol. The second kappa shape index (κ2) is 8.32. The molecule has 1 aliphatic heterocycles. The molecule has 0 fully saturated rings. The van der Waals surface area contributed by atoms with Crippen molar-refractivity contribution >= 4 is 33.6 Å². The van der Waals surface area contributed by atoms with Crippen LogP contribution in [0, 0.1) is 0 Å². The lowest BCUT2D eigenvalue weighted by molar-refractivity contribution is -0.142. The van der Waals surface area contributed by atoms with E-state index in [1.54, 1.807) is 25.1 Å². The van der Waals surface area contributed by atoms with E-state index in [0.29, 0.717) is 27.5 Å². The number of thiophene rings is 1. The maximum absolute atomic E-state index is 12.8. The number of benzene rings is 2. The van der Waals surface area contributed by atoms with Gasteiger partial charge in [-0.2, -0.15) is 0 Å². The van der Waals surface area contributed by atoms with Crippen LogP contribution in [0.4, 0.5) is 0 Å². The van der Waals surface area contributed by atoms with Gasteiger partial charge < -0.3 is 19.2 Å². The first-order valence-electron chi connectivity index (χ1n) is 9.93. The van der Waals surface area contributed by atoms with Gasteiger partial charge in [-0.1, -0.05) is 36.4 Å². The Balaban J connectivity index is 1.33. The van der Waals surface area contributed by atoms with E-state index in [4.69, 9.17) is 14.2 Å². The zero-order valence-electron chi connectivity index (χ0n) is 17.0. The Kier molecular flexibility index (Phi) is 5.20. The van der Waals surface area contributed by atoms with E-state index < -0.39 is 12.1 Å². The Morgan fingerprint density at radius 1 is 1.19 bits per heavy atom. The molecule has 1 N–H and O–H groups in total. The number of aromatic amines is 1. The number of rotatable bonds is 5. The standard InChI is InChI=1S/C24H18N2O5S/c1-14(31-20(27)10-8-15-7-9-18-19(11-15)30-13-29-18)22-25-23(28)21-17(12-32-24(21)26-22)16-5-3-2-4-6-16/h2-12,14H,13H2,1H3,(H,25,26,28)/b10-8+. The molecule has 0 amide bonds. The van der Waals surface area contributed by atoms with E-state index in [0.717, 1.165) is 16.7 Å². The summed E-state index contributed by atoms with van der Waals surface area (Å²) in [7, 11) is 0. The van der Waals surface area contributed by atoms with Gasteiger partial charge >= 0.3 is 5.97 Å². The Morgan fingerprint density at radius 2 is 2.00 bits per heavy atom. The third kappa shape index (κ3) is 3.88. The van der Waals surface area contributed by atoms with Gasteiger partial charge in [0, 0.05) is 17.0 Å². The van der Waals surface area contributed by atoms with Crippen molar-refractivity contribution < 1.29 is 19.0 Å². The molecule has 2 aromatic heterocycles. The average Bonchev–Trinajstić information content (AvgIpc) is 3.45. The van der Waals surface area contributed by atoms with Crippen molar-refractivity contribution in [2.45, 2.75) is 13.0 Å². The lowest BCUT2D eigenvalue weighted by Gasteiger charge is -2.11. The number of aromatic nitrogens is 2. The van der Waals surface area contributed by atoms with Crippen LogP contribution < -0.4 is 15.0 Å². The van der Waals surface area contributed by atoms with Crippen LogP contribution in [0.2, 0.25) is 0 Å². The van der Waals surface area contributed by atoms with Crippen molar-refractivity contribution in [1.82, 2.24) is 9.97 Å². The second-order valence-corrected chi connectivity index (χ2v) is 8.03. The van der Waals surface area contributed by atoms with E-state index in [1.807, 2.05) is 41.8 Å². The molecule has 0 bridgehead atoms. The summed E-state index contributed by atoms with van der Waals surface area (Å²) >= 11 is 1.38. The predicted molar refractivity (Wildman–Crippen MR) is 122 cm³/mol. The third-order valence-corrected chi connectivity index (χ3v) is 5.91. The summed E-state index contributed by atoms with van der Waals surface area (Å²) in [5.41, 5.74) is 2.30. The maximum atomic E-state index is 12.8. The largest absolute Gasteiger partial charge is 0.454 e. The van der Waals surface area contributed by atoms with Crippen molar-refractivity contribution in [2.24, 2.45) is 0 Å². The van der Waals surface area contributed by atoms with Crippen LogP contribution >= 0.6 is 11.3 Å². The number of hydrogen-bond donors (Lipinski definition) is 1. The van der Waals surface area contributed by atoms with Crippen LogP contribution in [0.3, 0.4) is 0 Å². The van der Waals surface area contributed by atoms with Crippen LogP contribution in [-0.2, 0) is 9.53 Å². The molecule has 0 aliphatic carbocycles. The highest BCUT2D eigenvalue weighted by Gasteiger charge is 2.18. The van der Waals surface area contributed by atoms with Gasteiger partial charge in [0.1, 0.15) is 4.83 Å². The van der Waals surface area contributed by atoms with Gasteiger partial charge in [0.25, 0.3) is 5.56 Å². The van der Waals surface area contributed by atoms with Gasteiger partial charge in [-0.25, -0.2) is 9.78 Å². The highest BCUT2D eigenvalue weighted by atomic mass is 32.1. The molecular weight excluding hydrogens is 428 g/mol. The summed E-state index contributed by atoms with van der Waals surface area (Å²) in [4.78, 5) is 33.0. The van der Waals surface area contributed by atoms with Crippen LogP contribution in [0.1, 0.15) is 24.4 Å². The van der Waals surface area contributed by atoms with E-state index in [9.17, 15) is 9.59 Å². The topological polar surface area (TPSA) is 90.5 Å². The van der Waals surface area contributed by atoms with E-state index in [1.165, 1.54) is 17.4 Å². The van der Waals surface area contributed by atoms with Gasteiger partial charge in [-0.3, -0.25) is 4.79 Å². The number of esters is 1. The summed E-state index contributed by atoms with van der Waals surface area (Å²) in [6.45, 7) is 1.86. The van der Waals surface area contributed by atoms with E-state index in [2.05, 4.69) is 9.97 Å². The minimum absolute atomic E-state index is 0.189. The Bertz CT molecular complexity index is 1390. The number of carbonyl (C=O) groups is 1. The molecule has 4 aromatic rings. The first-order chi connectivity index (χ1) is 15.6. The maximum Gasteiger partial charge on any atom is 0.331 e. The quantitative estimate of drug-likeness (QED) is 0.353. The van der Waals surface area contributed by atoms with Crippen molar-refractivity contribution in [3.8, 4) is 22.6 Å². The Morgan fingerprint density at radius 3 is 2.84 bits per heavy atom. The number of nitrogens with zero attached hydrogens (tertiary/aromatic N) is 1. The lowest BCUT2D eigenvalue weighted by atomic mass is 10.1. The normalized spacial score (nSPS) is 13.5. The number of hydrogen-bond acceptors (Lipinski definition) is 7. The van der Waals surface area contributed by atoms with E-state index in [-0.39, 0.29) is 12.4 Å². The molecule has 8 heteroatoms. The Labute approximate surface area is 186 Å². The first-order valence-corrected chi connectivity index (χ1v) is 10.8. The summed E-state index contributed by atoms with van der Waals surface area (Å²) < 4.78 is 16.0. The fourth-order valence-corrected chi connectivity index (χ4v) is 4.39. The molecule has 5 rings (SSSR count). The summed E-state index contributed by atoms with van der Waals surface area (Å²) in [6.07, 6.45) is 2.23. The number of ether oxygens (including phenoxy) is 3. The molecule has 1 unspecified atom stereocenters. The van der Waals surface area contributed by atoms with Crippen molar-refractivity contribution in [3.05, 3.63) is 81.7 Å². The van der Waals surface area contributed by atoms with Gasteiger partial charge in [0.05, 0.1) is 5.39 Å². The highest BCUT2D eigenvalue weighted by Crippen LogP contribution is 2.33. The fourth-order valence-electron chi connectivity index (χ4n) is 3.44. The number of nitrogens with one attached hydrogen (secondary N) is 1. The molecule has 2 aromatic carbocycles. The highest BCUT2D eigenvalue weighted by molar-refractivity contribution is 7.17. The fraction of sp³-hybridized carbons (Fsp3) is 0.125. The van der Waals surface area contributed by atoms with Crippen molar-refractivity contribution in [3.63, 3.8) is 0 Å². The van der Waals surface area contributed by atoms with Crippen molar-refractivity contribution in [1.29, 1.82) is 0 Å². The zero-order valence-corrected chi connectivity index (χ0v) is 17.8. The molecule has 1 aliphatic rings. The molecule has 0 radical (unpaired) electrons. The molecule has 0 saturated heterocycles. The Hall–Kier alpha value is -3.91. The van der Waals surface area contributed by atoms with Crippen LogP contribution in [0.5, 0.6) is 11.5 Å². The molecule has 3 heterocycles. The van der Waals surface area contributed by atoms with Gasteiger partial charge in [-0.05, 0) is 36.3 Å². The zero-order chi connectivity index (χ0) is 22.1. The smallest absolute Gasteiger partial charge is 0.331 e. The van der Waals surface area contributed by atoms with Crippen LogP contribution in [-0.4, -0.2) is 22.7 Å². The summed E-state index contributed by atoms with van der Waals surface area (Å²) in [5, 5.41) is 2.45. The van der Waals surface area contributed by atoms with Crippen LogP contribution in [0.15, 0.2) is 64.8 Å². The minimum atomic E-state index is -0.719. The van der Waals surface area contributed by atoms with Gasteiger partial charge in [-0.15, -0.1) is 11.3 Å². The minimum Gasteiger partial charge on any atom is -0.454 e. The molecule has 1 atom stereocenters. The number of H-pyrrole nitrogens is 1. The third-order valence-electron chi connectivity index (χ3n) is 5.03. The monoisotopic (exact) mass is 446 g/mol. The molecular formula is C24H18N2O5S. The molecule has 0 saturated carbocycles. The summed E-state index contributed by atoms with van der Waals surface area (Å²) in [5.74, 6) is 1.06. The number of fused-ring (bicyclic) bond motifs is 2. The lowest BCUT2D eigenvalue weighted by Crippen LogP contribution is -2.16. The number of carbonyl (C=O) groups excluding carboxylic acids is 1. The molecule has 32 heavy (non-hydrogen) atoms. The first kappa shape index (κ1) is 20.0. The van der Waals surface area contributed by atoms with Crippen LogP contribution in [0.25, 0.3) is 27.4 Å². The molecule has 0 spiro atoms. The van der Waals surface area contributed by atoms with Gasteiger partial charge in [0.15, 0.2) is 23.4 Å².